The van der Waals surface area contributed by atoms with E-state index >= 15 is 0 Å². The number of methoxy groups -OCH3 is 2. The summed E-state index contributed by atoms with van der Waals surface area (Å²) in [6.45, 7) is 6.72. The summed E-state index contributed by atoms with van der Waals surface area (Å²) in [4.78, 5) is 29.7. The molecule has 158 valence electrons. The molecule has 2 aliphatic rings. The lowest BCUT2D eigenvalue weighted by Crippen LogP contribution is -2.38. The van der Waals surface area contributed by atoms with E-state index in [1.807, 2.05) is 6.07 Å². The Hall–Kier alpha value is -2.54. The Morgan fingerprint density at radius 2 is 1.79 bits per heavy atom. The smallest absolute Gasteiger partial charge is 0.290 e. The van der Waals surface area contributed by atoms with Crippen molar-refractivity contribution >= 4 is 11.7 Å². The summed E-state index contributed by atoms with van der Waals surface area (Å²) in [6.07, 6.45) is 2.32. The highest BCUT2D eigenvalue weighted by molar-refractivity contribution is 6.09. The number of hydrogen-bond donors (Lipinski definition) is 1. The van der Waals surface area contributed by atoms with Crippen LogP contribution < -0.4 is 9.47 Å². The second-order valence-electron chi connectivity index (χ2n) is 7.85. The van der Waals surface area contributed by atoms with Crippen LogP contribution in [0.5, 0.6) is 11.5 Å². The third-order valence-corrected chi connectivity index (χ3v) is 5.67. The molecule has 7 nitrogen and oxygen atoms in total. The minimum absolute atomic E-state index is 0.165. The molecule has 1 aromatic rings. The van der Waals surface area contributed by atoms with Gasteiger partial charge in [0.1, 0.15) is 0 Å². The monoisotopic (exact) mass is 402 g/mol. The number of nitrogens with zero attached hydrogens (tertiary/aromatic N) is 2. The molecule has 2 heterocycles. The third-order valence-electron chi connectivity index (χ3n) is 5.67. The number of Topliss-reactive ketones (excluding diaryl/α,β-unsaturated/α-hetero) is 1. The molecule has 3 rings (SSSR count). The van der Waals surface area contributed by atoms with E-state index < -0.39 is 17.7 Å². The van der Waals surface area contributed by atoms with Gasteiger partial charge in [0.2, 0.25) is 0 Å². The number of aliphatic hydroxyl groups excluding tert-OH is 1. The highest BCUT2D eigenvalue weighted by atomic mass is 16.5. The lowest BCUT2D eigenvalue weighted by atomic mass is 9.91. The molecule has 29 heavy (non-hydrogen) atoms. The highest BCUT2D eigenvalue weighted by Crippen LogP contribution is 2.41. The average molecular weight is 402 g/mol. The van der Waals surface area contributed by atoms with Crippen molar-refractivity contribution < 1.29 is 24.2 Å². The van der Waals surface area contributed by atoms with Gasteiger partial charge in [-0.2, -0.15) is 0 Å². The van der Waals surface area contributed by atoms with Crippen LogP contribution in [0, 0.1) is 5.92 Å². The van der Waals surface area contributed by atoms with Gasteiger partial charge in [0, 0.05) is 19.0 Å². The van der Waals surface area contributed by atoms with Crippen molar-refractivity contribution in [1.29, 1.82) is 0 Å². The molecular formula is C22H30N2O5. The molecule has 7 heteroatoms. The second kappa shape index (κ2) is 8.86. The van der Waals surface area contributed by atoms with E-state index in [1.165, 1.54) is 0 Å². The number of carbonyl (C=O) groups excluding carboxylic acids is 2. The van der Waals surface area contributed by atoms with Gasteiger partial charge in [-0.3, -0.25) is 9.59 Å². The number of rotatable bonds is 8. The number of hydrogen-bond acceptors (Lipinski definition) is 6. The lowest BCUT2D eigenvalue weighted by Gasteiger charge is -2.29. The van der Waals surface area contributed by atoms with Crippen molar-refractivity contribution in [3.05, 3.63) is 35.1 Å². The number of likely N-dealkylation sites (tertiary alicyclic amines) is 1. The van der Waals surface area contributed by atoms with Crippen molar-refractivity contribution in [2.75, 3.05) is 40.4 Å². The Labute approximate surface area is 171 Å². The molecule has 1 unspecified atom stereocenters. The number of ether oxygens (including phenoxy) is 2. The topological polar surface area (TPSA) is 79.3 Å². The summed E-state index contributed by atoms with van der Waals surface area (Å²) in [5.41, 5.74) is 0.879. The Kier molecular flexibility index (Phi) is 6.47. The maximum Gasteiger partial charge on any atom is 0.290 e. The molecule has 1 aromatic carbocycles. The van der Waals surface area contributed by atoms with Crippen LogP contribution in [0.1, 0.15) is 38.3 Å². The summed E-state index contributed by atoms with van der Waals surface area (Å²) >= 11 is 0. The fourth-order valence-corrected chi connectivity index (χ4v) is 4.07. The van der Waals surface area contributed by atoms with Gasteiger partial charge >= 0.3 is 0 Å². The van der Waals surface area contributed by atoms with E-state index in [4.69, 9.17) is 9.47 Å². The van der Waals surface area contributed by atoms with Gasteiger partial charge in [-0.15, -0.1) is 0 Å². The van der Waals surface area contributed by atoms with Crippen molar-refractivity contribution in [2.45, 2.75) is 32.7 Å². The van der Waals surface area contributed by atoms with Crippen LogP contribution in [-0.2, 0) is 9.59 Å². The van der Waals surface area contributed by atoms with E-state index in [2.05, 4.69) is 4.90 Å². The van der Waals surface area contributed by atoms with E-state index in [0.717, 1.165) is 25.9 Å². The lowest BCUT2D eigenvalue weighted by molar-refractivity contribution is -0.129. The van der Waals surface area contributed by atoms with Crippen LogP contribution in [0.2, 0.25) is 0 Å². The van der Waals surface area contributed by atoms with Gasteiger partial charge in [-0.1, -0.05) is 19.9 Å². The van der Waals surface area contributed by atoms with Crippen molar-refractivity contribution in [2.24, 2.45) is 5.92 Å². The van der Waals surface area contributed by atoms with Gasteiger partial charge in [-0.25, -0.2) is 0 Å². The Morgan fingerprint density at radius 3 is 2.38 bits per heavy atom. The quantitative estimate of drug-likeness (QED) is 0.720. The fraction of sp³-hybridized carbons (Fsp3) is 0.545. The van der Waals surface area contributed by atoms with Gasteiger partial charge in [0.25, 0.3) is 5.91 Å². The molecule has 0 aliphatic carbocycles. The first-order chi connectivity index (χ1) is 13.9. The molecule has 1 amide bonds. The maximum atomic E-state index is 12.9. The van der Waals surface area contributed by atoms with E-state index in [-0.39, 0.29) is 17.3 Å². The molecular weight excluding hydrogens is 372 g/mol. The molecule has 1 saturated heterocycles. The van der Waals surface area contributed by atoms with Gasteiger partial charge in [0.05, 0.1) is 25.8 Å². The first-order valence-corrected chi connectivity index (χ1v) is 10.1. The predicted molar refractivity (Wildman–Crippen MR) is 109 cm³/mol. The highest BCUT2D eigenvalue weighted by Gasteiger charge is 2.44. The SMILES string of the molecule is COc1ccc(C2C(C(=O)C(C)C)=C(O)C(=O)N2CCN2CCCC2)cc1OC. The van der Waals surface area contributed by atoms with Crippen LogP contribution in [-0.4, -0.2) is 67.0 Å². The fourth-order valence-electron chi connectivity index (χ4n) is 4.07. The normalized spacial score (nSPS) is 20.1. The summed E-state index contributed by atoms with van der Waals surface area (Å²) in [6, 6.07) is 4.70. The Morgan fingerprint density at radius 1 is 1.14 bits per heavy atom. The van der Waals surface area contributed by atoms with E-state index in [9.17, 15) is 14.7 Å². The van der Waals surface area contributed by atoms with Crippen molar-refractivity contribution in [3.63, 3.8) is 0 Å². The van der Waals surface area contributed by atoms with Gasteiger partial charge in [0.15, 0.2) is 23.0 Å². The second-order valence-corrected chi connectivity index (χ2v) is 7.85. The Bertz CT molecular complexity index is 811. The zero-order valence-electron chi connectivity index (χ0n) is 17.6. The van der Waals surface area contributed by atoms with Crippen molar-refractivity contribution in [1.82, 2.24) is 9.80 Å². The molecule has 0 spiro atoms. The number of amides is 1. The summed E-state index contributed by atoms with van der Waals surface area (Å²) in [7, 11) is 3.10. The van der Waals surface area contributed by atoms with Crippen LogP contribution >= 0.6 is 0 Å². The van der Waals surface area contributed by atoms with Crippen LogP contribution in [0.15, 0.2) is 29.5 Å². The first kappa shape index (κ1) is 21.2. The molecule has 2 aliphatic heterocycles. The molecule has 0 bridgehead atoms. The van der Waals surface area contributed by atoms with Gasteiger partial charge in [-0.05, 0) is 43.6 Å². The van der Waals surface area contributed by atoms with E-state index in [1.54, 1.807) is 45.1 Å². The average Bonchev–Trinajstić information content (AvgIpc) is 3.32. The number of carbonyl (C=O) groups is 2. The van der Waals surface area contributed by atoms with Crippen LogP contribution in [0.25, 0.3) is 0 Å². The summed E-state index contributed by atoms with van der Waals surface area (Å²) in [5, 5.41) is 10.6. The van der Waals surface area contributed by atoms with Crippen molar-refractivity contribution in [3.8, 4) is 11.5 Å². The summed E-state index contributed by atoms with van der Waals surface area (Å²) < 4.78 is 10.7. The van der Waals surface area contributed by atoms with Crippen LogP contribution in [0.4, 0.5) is 0 Å². The molecule has 1 atom stereocenters. The first-order valence-electron chi connectivity index (χ1n) is 10.1. The number of benzene rings is 1. The maximum absolute atomic E-state index is 12.9. The minimum atomic E-state index is -0.639. The Balaban J connectivity index is 1.99. The third kappa shape index (κ3) is 4.10. The molecule has 1 fully saturated rings. The zero-order chi connectivity index (χ0) is 21.1. The zero-order valence-corrected chi connectivity index (χ0v) is 17.6. The van der Waals surface area contributed by atoms with Gasteiger partial charge < -0.3 is 24.4 Å². The largest absolute Gasteiger partial charge is 0.503 e. The predicted octanol–water partition coefficient (Wildman–Crippen LogP) is 2.72. The molecule has 0 aromatic heterocycles. The number of aliphatic hydroxyl groups is 1. The molecule has 0 saturated carbocycles. The molecule has 1 N–H and O–H groups in total. The van der Waals surface area contributed by atoms with E-state index in [0.29, 0.717) is 30.2 Å². The minimum Gasteiger partial charge on any atom is -0.503 e. The summed E-state index contributed by atoms with van der Waals surface area (Å²) in [5.74, 6) is -0.410. The molecule has 0 radical (unpaired) electrons. The standard InChI is InChI=1S/C22H30N2O5/c1-14(2)20(25)18-19(15-7-8-16(28-3)17(13-15)29-4)24(22(27)21(18)26)12-11-23-9-5-6-10-23/h7-8,13-14,19,26H,5-6,9-12H2,1-4H3. The van der Waals surface area contributed by atoms with Crippen LogP contribution in [0.3, 0.4) is 0 Å². The number of ketones is 1.